The minimum absolute atomic E-state index is 0.100. The van der Waals surface area contributed by atoms with Gasteiger partial charge < -0.3 is 9.88 Å². The van der Waals surface area contributed by atoms with Crippen LogP contribution in [0.15, 0.2) is 85.7 Å². The second-order valence-electron chi connectivity index (χ2n) is 6.27. The summed E-state index contributed by atoms with van der Waals surface area (Å²) in [6.07, 6.45) is 7.06. The van der Waals surface area contributed by atoms with E-state index in [4.69, 9.17) is 0 Å². The summed E-state index contributed by atoms with van der Waals surface area (Å²) < 4.78 is 3.67. The Morgan fingerprint density at radius 1 is 1.00 bits per heavy atom. The molecule has 0 aliphatic carbocycles. The monoisotopic (exact) mass is 357 g/mol. The van der Waals surface area contributed by atoms with Gasteiger partial charge in [0.2, 0.25) is 0 Å². The Morgan fingerprint density at radius 3 is 2.48 bits per heavy atom. The molecule has 0 aliphatic heterocycles. The van der Waals surface area contributed by atoms with Gasteiger partial charge >= 0.3 is 0 Å². The predicted molar refractivity (Wildman–Crippen MR) is 103 cm³/mol. The van der Waals surface area contributed by atoms with E-state index < -0.39 is 0 Å². The van der Waals surface area contributed by atoms with Crippen molar-refractivity contribution in [3.63, 3.8) is 0 Å². The molecule has 0 radical (unpaired) electrons. The first-order valence-electron chi connectivity index (χ1n) is 8.70. The maximum Gasteiger partial charge on any atom is 0.251 e. The van der Waals surface area contributed by atoms with Gasteiger partial charge in [-0.25, -0.2) is 9.67 Å². The predicted octanol–water partition coefficient (Wildman–Crippen LogP) is 3.55. The van der Waals surface area contributed by atoms with E-state index in [0.29, 0.717) is 5.56 Å². The van der Waals surface area contributed by atoms with E-state index in [2.05, 4.69) is 15.4 Å². The summed E-state index contributed by atoms with van der Waals surface area (Å²) in [5, 5.41) is 7.17. The molecule has 2 aromatic heterocycles. The van der Waals surface area contributed by atoms with Crippen LogP contribution in [0.4, 0.5) is 0 Å². The fraction of sp³-hybridized carbons (Fsp3) is 0.0952. The molecule has 2 aromatic carbocycles. The number of benzene rings is 2. The highest BCUT2D eigenvalue weighted by molar-refractivity contribution is 5.95. The molecule has 0 fully saturated rings. The van der Waals surface area contributed by atoms with Gasteiger partial charge in [-0.1, -0.05) is 18.2 Å². The number of hydrogen-bond acceptors (Lipinski definition) is 3. The Hall–Kier alpha value is -3.67. The van der Waals surface area contributed by atoms with Gasteiger partial charge in [0.25, 0.3) is 5.91 Å². The maximum absolute atomic E-state index is 12.7. The van der Waals surface area contributed by atoms with E-state index in [9.17, 15) is 4.79 Å². The number of carbonyl (C=O) groups excluding carboxylic acids is 1. The standard InChI is InChI=1S/C21H19N5O/c1-16(17-7-9-19(10-8-17)26-15-22-14-23-26)24-21(27)18-5-4-6-20(13-18)25-11-2-3-12-25/h2-16H,1H3,(H,24,27). The van der Waals surface area contributed by atoms with Crippen LogP contribution in [0.5, 0.6) is 0 Å². The normalized spacial score (nSPS) is 11.9. The highest BCUT2D eigenvalue weighted by Gasteiger charge is 2.12. The first-order chi connectivity index (χ1) is 13.2. The van der Waals surface area contributed by atoms with E-state index in [-0.39, 0.29) is 11.9 Å². The second-order valence-corrected chi connectivity index (χ2v) is 6.27. The van der Waals surface area contributed by atoms with Crippen LogP contribution in [0, 0.1) is 0 Å². The lowest BCUT2D eigenvalue weighted by Crippen LogP contribution is -2.26. The lowest BCUT2D eigenvalue weighted by atomic mass is 10.1. The molecule has 1 unspecified atom stereocenters. The summed E-state index contributed by atoms with van der Waals surface area (Å²) in [7, 11) is 0. The van der Waals surface area contributed by atoms with Gasteiger partial charge in [0.05, 0.1) is 11.7 Å². The zero-order chi connectivity index (χ0) is 18.6. The van der Waals surface area contributed by atoms with Crippen LogP contribution in [-0.4, -0.2) is 25.2 Å². The largest absolute Gasteiger partial charge is 0.346 e. The van der Waals surface area contributed by atoms with Gasteiger partial charge in [-0.15, -0.1) is 0 Å². The summed E-state index contributed by atoms with van der Waals surface area (Å²) in [5.74, 6) is -0.100. The number of hydrogen-bond donors (Lipinski definition) is 1. The first-order valence-corrected chi connectivity index (χ1v) is 8.70. The van der Waals surface area contributed by atoms with Crippen LogP contribution in [0.1, 0.15) is 28.9 Å². The maximum atomic E-state index is 12.7. The molecule has 4 rings (SSSR count). The quantitative estimate of drug-likeness (QED) is 0.594. The van der Waals surface area contributed by atoms with Gasteiger partial charge in [-0.3, -0.25) is 4.79 Å². The summed E-state index contributed by atoms with van der Waals surface area (Å²) in [6, 6.07) is 19.3. The van der Waals surface area contributed by atoms with Crippen LogP contribution in [-0.2, 0) is 0 Å². The SMILES string of the molecule is CC(NC(=O)c1cccc(-n2cccc2)c1)c1ccc(-n2cncn2)cc1. The molecular formula is C21H19N5O. The fourth-order valence-electron chi connectivity index (χ4n) is 2.93. The molecule has 0 spiro atoms. The molecule has 1 amide bonds. The molecule has 0 bridgehead atoms. The molecule has 1 N–H and O–H groups in total. The number of nitrogens with zero attached hydrogens (tertiary/aromatic N) is 4. The van der Waals surface area contributed by atoms with Gasteiger partial charge in [0, 0.05) is 23.6 Å². The Bertz CT molecular complexity index is 1020. The zero-order valence-electron chi connectivity index (χ0n) is 14.9. The van der Waals surface area contributed by atoms with Gasteiger partial charge in [-0.05, 0) is 55.0 Å². The van der Waals surface area contributed by atoms with Gasteiger partial charge in [-0.2, -0.15) is 5.10 Å². The smallest absolute Gasteiger partial charge is 0.251 e. The number of amides is 1. The molecule has 2 heterocycles. The van der Waals surface area contributed by atoms with Crippen molar-refractivity contribution in [2.24, 2.45) is 0 Å². The average Bonchev–Trinajstić information content (AvgIpc) is 3.42. The molecule has 27 heavy (non-hydrogen) atoms. The van der Waals surface area contributed by atoms with Crippen LogP contribution in [0.2, 0.25) is 0 Å². The van der Waals surface area contributed by atoms with Crippen molar-refractivity contribution in [1.29, 1.82) is 0 Å². The van der Waals surface area contributed by atoms with Crippen molar-refractivity contribution < 1.29 is 4.79 Å². The fourth-order valence-corrected chi connectivity index (χ4v) is 2.93. The van der Waals surface area contributed by atoms with Crippen molar-refractivity contribution in [2.75, 3.05) is 0 Å². The van der Waals surface area contributed by atoms with E-state index in [1.54, 1.807) is 11.0 Å². The number of rotatable bonds is 5. The Morgan fingerprint density at radius 2 is 1.78 bits per heavy atom. The average molecular weight is 357 g/mol. The van der Waals surface area contributed by atoms with Crippen LogP contribution in [0.3, 0.4) is 0 Å². The molecule has 4 aromatic rings. The van der Waals surface area contributed by atoms with Crippen LogP contribution >= 0.6 is 0 Å². The lowest BCUT2D eigenvalue weighted by molar-refractivity contribution is 0.0940. The van der Waals surface area contributed by atoms with Crippen molar-refractivity contribution >= 4 is 5.91 Å². The Kier molecular flexibility index (Phi) is 4.53. The highest BCUT2D eigenvalue weighted by atomic mass is 16.1. The number of aromatic nitrogens is 4. The Balaban J connectivity index is 1.47. The van der Waals surface area contributed by atoms with E-state index >= 15 is 0 Å². The lowest BCUT2D eigenvalue weighted by Gasteiger charge is -2.15. The summed E-state index contributed by atoms with van der Waals surface area (Å²) in [5.41, 5.74) is 3.53. The summed E-state index contributed by atoms with van der Waals surface area (Å²) >= 11 is 0. The van der Waals surface area contributed by atoms with Crippen molar-refractivity contribution in [3.05, 3.63) is 96.8 Å². The van der Waals surface area contributed by atoms with Crippen LogP contribution < -0.4 is 5.32 Å². The number of carbonyl (C=O) groups is 1. The van der Waals surface area contributed by atoms with Crippen LogP contribution in [0.25, 0.3) is 11.4 Å². The molecule has 6 heteroatoms. The van der Waals surface area contributed by atoms with E-state index in [1.165, 1.54) is 6.33 Å². The second kappa shape index (κ2) is 7.29. The van der Waals surface area contributed by atoms with Crippen molar-refractivity contribution in [3.8, 4) is 11.4 Å². The molecule has 0 saturated heterocycles. The highest BCUT2D eigenvalue weighted by Crippen LogP contribution is 2.17. The van der Waals surface area contributed by atoms with E-state index in [1.807, 2.05) is 84.5 Å². The minimum Gasteiger partial charge on any atom is -0.346 e. The van der Waals surface area contributed by atoms with Crippen molar-refractivity contribution in [2.45, 2.75) is 13.0 Å². The third-order valence-corrected chi connectivity index (χ3v) is 4.43. The molecule has 134 valence electrons. The number of nitrogens with one attached hydrogen (secondary N) is 1. The molecule has 1 atom stereocenters. The first kappa shape index (κ1) is 16.8. The van der Waals surface area contributed by atoms with E-state index in [0.717, 1.165) is 16.9 Å². The third-order valence-electron chi connectivity index (χ3n) is 4.43. The topological polar surface area (TPSA) is 64.7 Å². The molecule has 0 aliphatic rings. The third kappa shape index (κ3) is 3.64. The zero-order valence-corrected chi connectivity index (χ0v) is 14.9. The minimum atomic E-state index is -0.113. The van der Waals surface area contributed by atoms with Gasteiger partial charge in [0.1, 0.15) is 12.7 Å². The summed E-state index contributed by atoms with van der Waals surface area (Å²) in [4.78, 5) is 16.6. The molecule has 0 saturated carbocycles. The molecule has 6 nitrogen and oxygen atoms in total. The molecular weight excluding hydrogens is 338 g/mol. The Labute approximate surface area is 157 Å². The van der Waals surface area contributed by atoms with Crippen molar-refractivity contribution in [1.82, 2.24) is 24.6 Å². The summed E-state index contributed by atoms with van der Waals surface area (Å²) in [6.45, 7) is 1.97. The van der Waals surface area contributed by atoms with Gasteiger partial charge in [0.15, 0.2) is 0 Å².